The molecule has 0 bridgehead atoms. The highest BCUT2D eigenvalue weighted by Crippen LogP contribution is 2.16. The van der Waals surface area contributed by atoms with Gasteiger partial charge in [0.2, 0.25) is 0 Å². The van der Waals surface area contributed by atoms with Crippen molar-refractivity contribution in [3.05, 3.63) is 60.0 Å². The summed E-state index contributed by atoms with van der Waals surface area (Å²) in [6, 6.07) is 12.0. The van der Waals surface area contributed by atoms with E-state index in [1.54, 1.807) is 18.6 Å². The van der Waals surface area contributed by atoms with Gasteiger partial charge in [0.1, 0.15) is 5.52 Å². The Morgan fingerprint density at radius 3 is 2.93 bits per heavy atom. The van der Waals surface area contributed by atoms with Gasteiger partial charge in [-0.25, -0.2) is 9.97 Å². The second-order valence-electron chi connectivity index (χ2n) is 6.96. The average Bonchev–Trinajstić information content (AvgIpc) is 3.11. The molecule has 0 radical (unpaired) electrons. The predicted molar refractivity (Wildman–Crippen MR) is 104 cm³/mol. The van der Waals surface area contributed by atoms with Crippen molar-refractivity contribution in [1.82, 2.24) is 19.9 Å². The van der Waals surface area contributed by atoms with E-state index in [1.807, 2.05) is 22.8 Å². The number of hydrogen-bond donors (Lipinski definition) is 1. The third-order valence-corrected chi connectivity index (χ3v) is 4.94. The summed E-state index contributed by atoms with van der Waals surface area (Å²) in [4.78, 5) is 21.3. The largest absolute Gasteiger partial charge is 0.378 e. The number of fused-ring (bicyclic) bond motifs is 1. The first kappa shape index (κ1) is 17.7. The smallest absolute Gasteiger partial charge is 0.252 e. The first-order valence-corrected chi connectivity index (χ1v) is 9.54. The summed E-state index contributed by atoms with van der Waals surface area (Å²) in [5, 5.41) is 2.96. The first-order valence-electron chi connectivity index (χ1n) is 9.54. The molecule has 1 amide bonds. The molecule has 0 spiro atoms. The summed E-state index contributed by atoms with van der Waals surface area (Å²) in [5.74, 6) is -0.113. The van der Waals surface area contributed by atoms with Crippen LogP contribution >= 0.6 is 0 Å². The third kappa shape index (κ3) is 4.34. The van der Waals surface area contributed by atoms with Crippen molar-refractivity contribution >= 4 is 17.1 Å². The monoisotopic (exact) mass is 364 g/mol. The van der Waals surface area contributed by atoms with Crippen LogP contribution in [-0.2, 0) is 11.3 Å². The molecule has 1 aromatic carbocycles. The van der Waals surface area contributed by atoms with E-state index in [1.165, 1.54) is 12.0 Å². The fraction of sp³-hybridized carbons (Fsp3) is 0.381. The van der Waals surface area contributed by atoms with Crippen LogP contribution in [0.3, 0.4) is 0 Å². The minimum absolute atomic E-state index is 0.113. The zero-order valence-electron chi connectivity index (χ0n) is 15.3. The molecule has 1 aliphatic rings. The van der Waals surface area contributed by atoms with Crippen LogP contribution in [-0.4, -0.2) is 39.7 Å². The number of hydrogen-bond acceptors (Lipinski definition) is 4. The number of carbonyl (C=O) groups excluding carboxylic acids is 1. The second-order valence-corrected chi connectivity index (χ2v) is 6.96. The van der Waals surface area contributed by atoms with Crippen LogP contribution in [0, 0.1) is 0 Å². The van der Waals surface area contributed by atoms with Crippen LogP contribution in [0.2, 0.25) is 0 Å². The lowest BCUT2D eigenvalue weighted by Crippen LogP contribution is -2.29. The van der Waals surface area contributed by atoms with Gasteiger partial charge in [0.25, 0.3) is 5.91 Å². The van der Waals surface area contributed by atoms with Gasteiger partial charge in [-0.1, -0.05) is 30.3 Å². The van der Waals surface area contributed by atoms with Gasteiger partial charge in [-0.3, -0.25) is 4.79 Å². The van der Waals surface area contributed by atoms with Gasteiger partial charge in [-0.15, -0.1) is 0 Å². The Kier molecular flexibility index (Phi) is 5.44. The Balaban J connectivity index is 1.38. The van der Waals surface area contributed by atoms with Gasteiger partial charge >= 0.3 is 0 Å². The van der Waals surface area contributed by atoms with Gasteiger partial charge in [0, 0.05) is 19.3 Å². The molecular formula is C21H24N4O2. The van der Waals surface area contributed by atoms with Gasteiger partial charge in [0.05, 0.1) is 24.5 Å². The van der Waals surface area contributed by atoms with E-state index in [2.05, 4.69) is 27.4 Å². The van der Waals surface area contributed by atoms with E-state index >= 15 is 0 Å². The molecule has 2 aromatic heterocycles. The van der Waals surface area contributed by atoms with Crippen molar-refractivity contribution in [1.29, 1.82) is 0 Å². The minimum Gasteiger partial charge on any atom is -0.378 e. The summed E-state index contributed by atoms with van der Waals surface area (Å²) in [5.41, 5.74) is 3.24. The molecule has 1 unspecified atom stereocenters. The van der Waals surface area contributed by atoms with E-state index in [4.69, 9.17) is 4.74 Å². The number of nitrogens with zero attached hydrogens (tertiary/aromatic N) is 3. The molecule has 1 aliphatic heterocycles. The zero-order chi connectivity index (χ0) is 18.5. The van der Waals surface area contributed by atoms with Gasteiger partial charge in [-0.05, 0) is 37.3 Å². The summed E-state index contributed by atoms with van der Waals surface area (Å²) >= 11 is 0. The zero-order valence-corrected chi connectivity index (χ0v) is 15.3. The van der Waals surface area contributed by atoms with E-state index in [0.29, 0.717) is 18.7 Å². The van der Waals surface area contributed by atoms with Crippen LogP contribution in [0.1, 0.15) is 41.6 Å². The van der Waals surface area contributed by atoms with Crippen molar-refractivity contribution in [2.45, 2.75) is 38.3 Å². The normalized spacial score (nSPS) is 17.1. The SMILES string of the molecule is O=C(NCCC1CCCCO1)c1cnc2c(c1)ncn2Cc1ccccc1. The molecule has 3 heterocycles. The van der Waals surface area contributed by atoms with Gasteiger partial charge in [-0.2, -0.15) is 0 Å². The summed E-state index contributed by atoms with van der Waals surface area (Å²) in [6.07, 6.45) is 7.96. The Morgan fingerprint density at radius 1 is 1.22 bits per heavy atom. The van der Waals surface area contributed by atoms with Crippen LogP contribution in [0.5, 0.6) is 0 Å². The second kappa shape index (κ2) is 8.31. The van der Waals surface area contributed by atoms with E-state index in [-0.39, 0.29) is 12.0 Å². The lowest BCUT2D eigenvalue weighted by Gasteiger charge is -2.22. The number of aromatic nitrogens is 3. The number of rotatable bonds is 6. The molecule has 1 atom stereocenters. The topological polar surface area (TPSA) is 69.0 Å². The van der Waals surface area contributed by atoms with Crippen LogP contribution in [0.25, 0.3) is 11.2 Å². The van der Waals surface area contributed by atoms with Crippen LogP contribution < -0.4 is 5.32 Å². The highest BCUT2D eigenvalue weighted by Gasteiger charge is 2.15. The molecule has 0 aliphatic carbocycles. The molecule has 1 fully saturated rings. The average molecular weight is 364 g/mol. The molecular weight excluding hydrogens is 340 g/mol. The fourth-order valence-electron chi connectivity index (χ4n) is 3.45. The van der Waals surface area contributed by atoms with Crippen molar-refractivity contribution in [3.63, 3.8) is 0 Å². The minimum atomic E-state index is -0.113. The molecule has 27 heavy (non-hydrogen) atoms. The van der Waals surface area contributed by atoms with Crippen LogP contribution in [0.15, 0.2) is 48.9 Å². The third-order valence-electron chi connectivity index (χ3n) is 4.94. The van der Waals surface area contributed by atoms with E-state index < -0.39 is 0 Å². The van der Waals surface area contributed by atoms with Gasteiger partial charge < -0.3 is 14.6 Å². The standard InChI is InChI=1S/C21H24N4O2/c26-21(22-10-9-18-8-4-5-11-27-18)17-12-19-20(23-13-17)25(15-24-19)14-16-6-2-1-3-7-16/h1-3,6-7,12-13,15,18H,4-5,8-11,14H2,(H,22,26). The number of imidazole rings is 1. The van der Waals surface area contributed by atoms with Crippen molar-refractivity contribution < 1.29 is 9.53 Å². The maximum absolute atomic E-state index is 12.4. The maximum Gasteiger partial charge on any atom is 0.252 e. The molecule has 6 heteroatoms. The number of pyridine rings is 1. The number of benzene rings is 1. The van der Waals surface area contributed by atoms with Crippen molar-refractivity contribution in [3.8, 4) is 0 Å². The lowest BCUT2D eigenvalue weighted by atomic mass is 10.1. The Hall–Kier alpha value is -2.73. The molecule has 3 aromatic rings. The summed E-state index contributed by atoms with van der Waals surface area (Å²) < 4.78 is 7.69. The predicted octanol–water partition coefficient (Wildman–Crippen LogP) is 3.17. The number of carbonyl (C=O) groups is 1. The quantitative estimate of drug-likeness (QED) is 0.729. The highest BCUT2D eigenvalue weighted by atomic mass is 16.5. The first-order chi connectivity index (χ1) is 13.3. The van der Waals surface area contributed by atoms with Gasteiger partial charge in [0.15, 0.2) is 5.65 Å². The summed E-state index contributed by atoms with van der Waals surface area (Å²) in [6.45, 7) is 2.16. The number of ether oxygens (including phenoxy) is 1. The molecule has 1 saturated heterocycles. The summed E-state index contributed by atoms with van der Waals surface area (Å²) in [7, 11) is 0. The molecule has 1 N–H and O–H groups in total. The molecule has 6 nitrogen and oxygen atoms in total. The van der Waals surface area contributed by atoms with Crippen molar-refractivity contribution in [2.75, 3.05) is 13.2 Å². The van der Waals surface area contributed by atoms with E-state index in [9.17, 15) is 4.79 Å². The van der Waals surface area contributed by atoms with Crippen molar-refractivity contribution in [2.24, 2.45) is 0 Å². The number of nitrogens with one attached hydrogen (secondary N) is 1. The lowest BCUT2D eigenvalue weighted by molar-refractivity contribution is 0.0117. The fourth-order valence-corrected chi connectivity index (χ4v) is 3.45. The Bertz CT molecular complexity index is 901. The van der Waals surface area contributed by atoms with E-state index in [0.717, 1.165) is 37.0 Å². The molecule has 4 rings (SSSR count). The Labute approximate surface area is 158 Å². The maximum atomic E-state index is 12.4. The molecule has 140 valence electrons. The Morgan fingerprint density at radius 2 is 2.11 bits per heavy atom. The highest BCUT2D eigenvalue weighted by molar-refractivity contribution is 5.96. The molecule has 0 saturated carbocycles. The number of amides is 1. The van der Waals surface area contributed by atoms with Crippen LogP contribution in [0.4, 0.5) is 0 Å².